The highest BCUT2D eigenvalue weighted by molar-refractivity contribution is 5.77. The lowest BCUT2D eigenvalue weighted by Crippen LogP contribution is -2.56. The Bertz CT molecular complexity index is 1060. The first kappa shape index (κ1) is 18.6. The average Bonchev–Trinajstić information content (AvgIpc) is 3.18. The smallest absolute Gasteiger partial charge is 0.197 e. The Morgan fingerprint density at radius 3 is 2.83 bits per heavy atom. The van der Waals surface area contributed by atoms with E-state index in [2.05, 4.69) is 40.1 Å². The monoisotopic (exact) mass is 388 g/mol. The fourth-order valence-electron chi connectivity index (χ4n) is 5.03. The van der Waals surface area contributed by atoms with Crippen LogP contribution in [0.5, 0.6) is 0 Å². The maximum atomic E-state index is 13.2. The predicted molar refractivity (Wildman–Crippen MR) is 116 cm³/mol. The minimum Gasteiger partial charge on any atom is -0.464 e. The van der Waals surface area contributed by atoms with Gasteiger partial charge in [-0.1, -0.05) is 42.0 Å². The van der Waals surface area contributed by atoms with Gasteiger partial charge in [-0.25, -0.2) is 0 Å². The van der Waals surface area contributed by atoms with Gasteiger partial charge in [0.1, 0.15) is 5.58 Å². The Balaban J connectivity index is 1.44. The maximum Gasteiger partial charge on any atom is 0.197 e. The second kappa shape index (κ2) is 7.77. The van der Waals surface area contributed by atoms with Gasteiger partial charge in [0, 0.05) is 37.3 Å². The van der Waals surface area contributed by atoms with Crippen molar-refractivity contribution in [2.45, 2.75) is 44.8 Å². The van der Waals surface area contributed by atoms with E-state index >= 15 is 0 Å². The summed E-state index contributed by atoms with van der Waals surface area (Å²) in [4.78, 5) is 18.3. The summed E-state index contributed by atoms with van der Waals surface area (Å²) >= 11 is 0. The molecule has 0 bridgehead atoms. The van der Waals surface area contributed by atoms with Crippen LogP contribution in [-0.4, -0.2) is 41.5 Å². The van der Waals surface area contributed by atoms with Crippen molar-refractivity contribution in [3.63, 3.8) is 0 Å². The van der Waals surface area contributed by atoms with Crippen LogP contribution < -0.4 is 5.43 Å². The molecule has 0 radical (unpaired) electrons. The van der Waals surface area contributed by atoms with Gasteiger partial charge in [-0.3, -0.25) is 14.6 Å². The molecule has 1 aromatic heterocycles. The third kappa shape index (κ3) is 3.75. The Labute approximate surface area is 171 Å². The zero-order chi connectivity index (χ0) is 19.8. The summed E-state index contributed by atoms with van der Waals surface area (Å²) in [5.41, 5.74) is 4.01. The highest BCUT2D eigenvalue weighted by Crippen LogP contribution is 2.27. The summed E-state index contributed by atoms with van der Waals surface area (Å²) < 4.78 is 5.82. The second-order valence-corrected chi connectivity index (χ2v) is 8.65. The van der Waals surface area contributed by atoms with Gasteiger partial charge in [-0.15, -0.1) is 0 Å². The van der Waals surface area contributed by atoms with Crippen LogP contribution in [0, 0.1) is 6.92 Å². The Hall–Kier alpha value is -2.43. The fraction of sp³-hybridized carbons (Fsp3) is 0.400. The first-order valence-corrected chi connectivity index (χ1v) is 10.7. The molecule has 0 amide bonds. The highest BCUT2D eigenvalue weighted by atomic mass is 16.3. The van der Waals surface area contributed by atoms with Crippen molar-refractivity contribution in [1.29, 1.82) is 0 Å². The van der Waals surface area contributed by atoms with Crippen LogP contribution in [-0.2, 0) is 13.0 Å². The van der Waals surface area contributed by atoms with Crippen LogP contribution in [0.2, 0.25) is 0 Å². The average molecular weight is 389 g/mol. The summed E-state index contributed by atoms with van der Waals surface area (Å²) in [5.74, 6) is 0. The zero-order valence-electron chi connectivity index (χ0n) is 17.0. The van der Waals surface area contributed by atoms with Gasteiger partial charge in [0.05, 0.1) is 11.6 Å². The molecule has 3 heterocycles. The molecule has 0 N–H and O–H groups in total. The Morgan fingerprint density at radius 1 is 1.10 bits per heavy atom. The summed E-state index contributed by atoms with van der Waals surface area (Å²) in [6.07, 6.45) is 5.25. The van der Waals surface area contributed by atoms with Crippen LogP contribution in [0.15, 0.2) is 64.0 Å². The molecule has 4 nitrogen and oxygen atoms in total. The van der Waals surface area contributed by atoms with Crippen molar-refractivity contribution >= 4 is 11.0 Å². The molecule has 2 atom stereocenters. The molecule has 5 rings (SSSR count). The van der Waals surface area contributed by atoms with Crippen molar-refractivity contribution in [2.24, 2.45) is 0 Å². The normalized spacial score (nSPS) is 22.8. The van der Waals surface area contributed by atoms with Crippen LogP contribution in [0.3, 0.4) is 0 Å². The SMILES string of the molecule is Cc1ccc2occ(CN3C[C@@H]4CCCN4C[C@@H]3Cc3ccccc3)c(=O)c2c1. The molecule has 2 aliphatic rings. The second-order valence-electron chi connectivity index (χ2n) is 8.65. The zero-order valence-corrected chi connectivity index (χ0v) is 17.0. The van der Waals surface area contributed by atoms with Crippen LogP contribution >= 0.6 is 0 Å². The third-order valence-corrected chi connectivity index (χ3v) is 6.59. The highest BCUT2D eigenvalue weighted by Gasteiger charge is 2.36. The molecule has 0 saturated carbocycles. The number of benzene rings is 2. The lowest BCUT2D eigenvalue weighted by Gasteiger charge is -2.43. The number of aryl methyl sites for hydroxylation is 1. The van der Waals surface area contributed by atoms with E-state index in [0.717, 1.165) is 30.6 Å². The van der Waals surface area contributed by atoms with Crippen molar-refractivity contribution in [2.75, 3.05) is 19.6 Å². The molecule has 0 unspecified atom stereocenters. The van der Waals surface area contributed by atoms with Gasteiger partial charge in [-0.05, 0) is 50.4 Å². The van der Waals surface area contributed by atoms with Gasteiger partial charge in [0.25, 0.3) is 0 Å². The molecule has 2 aliphatic heterocycles. The van der Waals surface area contributed by atoms with E-state index in [4.69, 9.17) is 4.42 Å². The number of hydrogen-bond acceptors (Lipinski definition) is 4. The Morgan fingerprint density at radius 2 is 1.97 bits per heavy atom. The van der Waals surface area contributed by atoms with Gasteiger partial charge in [-0.2, -0.15) is 0 Å². The van der Waals surface area contributed by atoms with Crippen LogP contribution in [0.4, 0.5) is 0 Å². The van der Waals surface area contributed by atoms with E-state index in [1.54, 1.807) is 6.26 Å². The van der Waals surface area contributed by atoms with Gasteiger partial charge in [0.15, 0.2) is 5.43 Å². The van der Waals surface area contributed by atoms with Gasteiger partial charge < -0.3 is 4.42 Å². The molecule has 0 aliphatic carbocycles. The molecule has 2 saturated heterocycles. The molecule has 29 heavy (non-hydrogen) atoms. The molecule has 3 aromatic rings. The quantitative estimate of drug-likeness (QED) is 0.677. The first-order valence-electron chi connectivity index (χ1n) is 10.7. The molecular weight excluding hydrogens is 360 g/mol. The minimum atomic E-state index is 0.113. The standard InChI is InChI=1S/C25H28N2O2/c1-18-9-10-24-23(12-18)25(28)20(17-29-24)14-27-15-21-8-5-11-26(21)16-22(27)13-19-6-3-2-4-7-19/h2-4,6-7,9-10,12,17,21-22H,5,8,11,13-16H2,1H3/t21-,22-/m0/s1. The Kier molecular flexibility index (Phi) is 4.98. The van der Waals surface area contributed by atoms with Crippen molar-refractivity contribution in [3.05, 3.63) is 81.7 Å². The number of nitrogens with zero attached hydrogens (tertiary/aromatic N) is 2. The summed E-state index contributed by atoms with van der Waals surface area (Å²) in [5, 5.41) is 0.696. The molecule has 4 heteroatoms. The van der Waals surface area contributed by atoms with E-state index in [9.17, 15) is 4.79 Å². The summed E-state index contributed by atoms with van der Waals surface area (Å²) in [7, 11) is 0. The fourth-order valence-corrected chi connectivity index (χ4v) is 5.03. The maximum absolute atomic E-state index is 13.2. The van der Waals surface area contributed by atoms with Gasteiger partial charge >= 0.3 is 0 Å². The summed E-state index contributed by atoms with van der Waals surface area (Å²) in [6.45, 7) is 6.00. The van der Waals surface area contributed by atoms with E-state index in [-0.39, 0.29) is 5.43 Å². The molecular formula is C25H28N2O2. The van der Waals surface area contributed by atoms with E-state index < -0.39 is 0 Å². The molecule has 2 aromatic carbocycles. The number of hydrogen-bond donors (Lipinski definition) is 0. The van der Waals surface area contributed by atoms with E-state index in [1.165, 1.54) is 24.9 Å². The first-order chi connectivity index (χ1) is 14.2. The molecule has 2 fully saturated rings. The lowest BCUT2D eigenvalue weighted by molar-refractivity contribution is 0.0451. The van der Waals surface area contributed by atoms with Crippen LogP contribution in [0.1, 0.15) is 29.5 Å². The third-order valence-electron chi connectivity index (χ3n) is 6.59. The molecule has 0 spiro atoms. The van der Waals surface area contributed by atoms with E-state index in [1.807, 2.05) is 25.1 Å². The topological polar surface area (TPSA) is 36.7 Å². The molecule has 150 valence electrons. The summed E-state index contributed by atoms with van der Waals surface area (Å²) in [6, 6.07) is 17.6. The predicted octanol–water partition coefficient (Wildman–Crippen LogP) is 3.99. The largest absolute Gasteiger partial charge is 0.464 e. The number of rotatable bonds is 4. The van der Waals surface area contributed by atoms with Crippen LogP contribution in [0.25, 0.3) is 11.0 Å². The lowest BCUT2D eigenvalue weighted by atomic mass is 9.99. The minimum absolute atomic E-state index is 0.113. The van der Waals surface area contributed by atoms with Crippen molar-refractivity contribution in [1.82, 2.24) is 9.80 Å². The number of piperazine rings is 1. The van der Waals surface area contributed by atoms with Crippen molar-refractivity contribution in [3.8, 4) is 0 Å². The van der Waals surface area contributed by atoms with Crippen molar-refractivity contribution < 1.29 is 4.42 Å². The number of fused-ring (bicyclic) bond motifs is 2. The van der Waals surface area contributed by atoms with Gasteiger partial charge in [0.2, 0.25) is 0 Å². The van der Waals surface area contributed by atoms with E-state index in [0.29, 0.717) is 29.6 Å².